The van der Waals surface area contributed by atoms with Crippen molar-refractivity contribution in [1.82, 2.24) is 0 Å². The van der Waals surface area contributed by atoms with Gasteiger partial charge in [0, 0.05) is 4.83 Å². The topological polar surface area (TPSA) is 20.2 Å². The lowest BCUT2D eigenvalue weighted by Gasteiger charge is -2.17. The molecule has 0 aromatic heterocycles. The van der Waals surface area contributed by atoms with Crippen LogP contribution in [0.1, 0.15) is 45.9 Å². The highest BCUT2D eigenvalue weighted by Gasteiger charge is 2.34. The second-order valence-corrected chi connectivity index (χ2v) is 6.29. The van der Waals surface area contributed by atoms with Gasteiger partial charge in [-0.05, 0) is 72.9 Å². The fourth-order valence-corrected chi connectivity index (χ4v) is 4.08. The molecule has 1 nitrogen and oxygen atoms in total. The van der Waals surface area contributed by atoms with Gasteiger partial charge in [0.15, 0.2) is 0 Å². The second kappa shape index (κ2) is 3.58. The number of aliphatic hydroxyl groups is 1. The maximum atomic E-state index is 10.2. The summed E-state index contributed by atoms with van der Waals surface area (Å²) in [4.78, 5) is 0.211. The molecule has 2 aliphatic carbocycles. The molecular weight excluding hydrogens is 264 g/mol. The van der Waals surface area contributed by atoms with Crippen LogP contribution in [-0.4, -0.2) is 9.93 Å². The van der Waals surface area contributed by atoms with Crippen molar-refractivity contribution in [2.45, 2.75) is 50.5 Å². The van der Waals surface area contributed by atoms with Gasteiger partial charge in [-0.3, -0.25) is 0 Å². The highest BCUT2D eigenvalue weighted by Crippen LogP contribution is 2.44. The molecule has 1 N–H and O–H groups in total. The predicted molar refractivity (Wildman–Crippen MR) is 69.3 cm³/mol. The second-order valence-electron chi connectivity index (χ2n) is 5.12. The molecule has 2 heteroatoms. The standard InChI is InChI=1S/C14H17BrO/c1-7-9-4-3-5-10(9)8(2)13-11(7)6-12(15)14(13)16/h12,14,16H,3-6H2,1-2H3. The average molecular weight is 281 g/mol. The van der Waals surface area contributed by atoms with Crippen molar-refractivity contribution in [2.24, 2.45) is 0 Å². The van der Waals surface area contributed by atoms with E-state index in [0.717, 1.165) is 6.42 Å². The Balaban J connectivity index is 2.29. The Morgan fingerprint density at radius 3 is 2.38 bits per heavy atom. The van der Waals surface area contributed by atoms with Crippen molar-refractivity contribution in [1.29, 1.82) is 0 Å². The van der Waals surface area contributed by atoms with Gasteiger partial charge in [0.05, 0.1) is 6.10 Å². The number of rotatable bonds is 0. The van der Waals surface area contributed by atoms with E-state index in [-0.39, 0.29) is 10.9 Å². The van der Waals surface area contributed by atoms with Crippen LogP contribution in [0.3, 0.4) is 0 Å². The third kappa shape index (κ3) is 1.26. The van der Waals surface area contributed by atoms with Gasteiger partial charge in [-0.1, -0.05) is 15.9 Å². The monoisotopic (exact) mass is 280 g/mol. The van der Waals surface area contributed by atoms with Gasteiger partial charge in [-0.2, -0.15) is 0 Å². The highest BCUT2D eigenvalue weighted by atomic mass is 79.9. The van der Waals surface area contributed by atoms with E-state index < -0.39 is 0 Å². The van der Waals surface area contributed by atoms with E-state index in [4.69, 9.17) is 0 Å². The molecule has 0 heterocycles. The van der Waals surface area contributed by atoms with E-state index in [1.54, 1.807) is 5.56 Å². The Bertz CT molecular complexity index is 465. The molecule has 0 aliphatic heterocycles. The zero-order valence-electron chi connectivity index (χ0n) is 9.81. The molecule has 0 fully saturated rings. The lowest BCUT2D eigenvalue weighted by Crippen LogP contribution is -2.06. The lowest BCUT2D eigenvalue weighted by atomic mass is 9.90. The predicted octanol–water partition coefficient (Wildman–Crippen LogP) is 3.15. The summed E-state index contributed by atoms with van der Waals surface area (Å²) in [7, 11) is 0. The number of aliphatic hydroxyl groups excluding tert-OH is 1. The van der Waals surface area contributed by atoms with E-state index in [1.165, 1.54) is 47.1 Å². The summed E-state index contributed by atoms with van der Waals surface area (Å²) in [6.45, 7) is 4.43. The van der Waals surface area contributed by atoms with E-state index in [9.17, 15) is 5.11 Å². The number of hydrogen-bond acceptors (Lipinski definition) is 1. The Morgan fingerprint density at radius 2 is 1.69 bits per heavy atom. The largest absolute Gasteiger partial charge is 0.387 e. The van der Waals surface area contributed by atoms with E-state index in [2.05, 4.69) is 29.8 Å². The minimum atomic E-state index is -0.306. The van der Waals surface area contributed by atoms with E-state index in [0.29, 0.717) is 0 Å². The summed E-state index contributed by atoms with van der Waals surface area (Å²) < 4.78 is 0. The summed E-state index contributed by atoms with van der Waals surface area (Å²) in [6.07, 6.45) is 4.40. The first-order valence-electron chi connectivity index (χ1n) is 6.07. The lowest BCUT2D eigenvalue weighted by molar-refractivity contribution is 0.187. The quantitative estimate of drug-likeness (QED) is 0.724. The molecule has 0 bridgehead atoms. The molecule has 16 heavy (non-hydrogen) atoms. The van der Waals surface area contributed by atoms with Crippen LogP contribution >= 0.6 is 15.9 Å². The Labute approximate surface area is 105 Å². The fraction of sp³-hybridized carbons (Fsp3) is 0.571. The third-order valence-corrected chi connectivity index (χ3v) is 5.17. The molecule has 0 saturated carbocycles. The summed E-state index contributed by atoms with van der Waals surface area (Å²) >= 11 is 3.59. The van der Waals surface area contributed by atoms with Crippen LogP contribution in [-0.2, 0) is 19.3 Å². The number of halogens is 1. The van der Waals surface area contributed by atoms with Crippen molar-refractivity contribution >= 4 is 15.9 Å². The van der Waals surface area contributed by atoms with Crippen LogP contribution in [0.5, 0.6) is 0 Å². The molecule has 2 unspecified atom stereocenters. The summed E-state index contributed by atoms with van der Waals surface area (Å²) in [5.74, 6) is 0. The Kier molecular flexibility index (Phi) is 2.41. The number of fused-ring (bicyclic) bond motifs is 2. The zero-order chi connectivity index (χ0) is 11.4. The van der Waals surface area contributed by atoms with E-state index >= 15 is 0 Å². The molecular formula is C14H17BrO. The Morgan fingerprint density at radius 1 is 1.06 bits per heavy atom. The van der Waals surface area contributed by atoms with Crippen LogP contribution in [0.25, 0.3) is 0 Å². The molecule has 0 amide bonds. The van der Waals surface area contributed by atoms with Gasteiger partial charge in [0.25, 0.3) is 0 Å². The molecule has 2 atom stereocenters. The first-order chi connectivity index (χ1) is 7.61. The summed E-state index contributed by atoms with van der Waals surface area (Å²) in [6, 6.07) is 0. The third-order valence-electron chi connectivity index (χ3n) is 4.34. The van der Waals surface area contributed by atoms with Crippen molar-refractivity contribution < 1.29 is 5.11 Å². The van der Waals surface area contributed by atoms with Gasteiger partial charge in [-0.25, -0.2) is 0 Å². The molecule has 3 rings (SSSR count). The van der Waals surface area contributed by atoms with Crippen LogP contribution in [0.4, 0.5) is 0 Å². The highest BCUT2D eigenvalue weighted by molar-refractivity contribution is 9.09. The first kappa shape index (κ1) is 10.8. The maximum Gasteiger partial charge on any atom is 0.0923 e. The molecule has 86 valence electrons. The SMILES string of the molecule is Cc1c2c(c(C)c3c1CC(Br)C3O)CCC2. The summed E-state index contributed by atoms with van der Waals surface area (Å²) in [5.41, 5.74) is 8.55. The first-order valence-corrected chi connectivity index (χ1v) is 6.98. The van der Waals surface area contributed by atoms with Gasteiger partial charge in [0.1, 0.15) is 0 Å². The smallest absolute Gasteiger partial charge is 0.0923 e. The minimum Gasteiger partial charge on any atom is -0.387 e. The van der Waals surface area contributed by atoms with Crippen LogP contribution in [0.2, 0.25) is 0 Å². The molecule has 0 saturated heterocycles. The fourth-order valence-electron chi connectivity index (χ4n) is 3.50. The zero-order valence-corrected chi connectivity index (χ0v) is 11.4. The van der Waals surface area contributed by atoms with Crippen molar-refractivity contribution in [3.05, 3.63) is 33.4 Å². The number of alkyl halides is 1. The van der Waals surface area contributed by atoms with E-state index in [1.807, 2.05) is 0 Å². The summed E-state index contributed by atoms with van der Waals surface area (Å²) in [5, 5.41) is 10.2. The van der Waals surface area contributed by atoms with Crippen LogP contribution in [0, 0.1) is 13.8 Å². The van der Waals surface area contributed by atoms with Crippen molar-refractivity contribution in [3.63, 3.8) is 0 Å². The normalized spacial score (nSPS) is 27.0. The minimum absolute atomic E-state index is 0.211. The Hall–Kier alpha value is -0.340. The van der Waals surface area contributed by atoms with Gasteiger partial charge >= 0.3 is 0 Å². The number of hydrogen-bond donors (Lipinski definition) is 1. The van der Waals surface area contributed by atoms with Crippen LogP contribution < -0.4 is 0 Å². The molecule has 2 aliphatic rings. The number of benzene rings is 1. The molecule has 1 aromatic carbocycles. The van der Waals surface area contributed by atoms with Crippen LogP contribution in [0.15, 0.2) is 0 Å². The average Bonchev–Trinajstić information content (AvgIpc) is 2.83. The molecule has 0 radical (unpaired) electrons. The molecule has 1 aromatic rings. The molecule has 0 spiro atoms. The van der Waals surface area contributed by atoms with Gasteiger partial charge < -0.3 is 5.11 Å². The van der Waals surface area contributed by atoms with Gasteiger partial charge in [0.2, 0.25) is 0 Å². The van der Waals surface area contributed by atoms with Crippen molar-refractivity contribution in [2.75, 3.05) is 0 Å². The maximum absolute atomic E-state index is 10.2. The van der Waals surface area contributed by atoms with Crippen molar-refractivity contribution in [3.8, 4) is 0 Å². The van der Waals surface area contributed by atoms with Gasteiger partial charge in [-0.15, -0.1) is 0 Å².